The van der Waals surface area contributed by atoms with E-state index in [-0.39, 0.29) is 0 Å². The normalized spacial score (nSPS) is 11.9. The van der Waals surface area contributed by atoms with E-state index >= 15 is 0 Å². The van der Waals surface area contributed by atoms with Crippen LogP contribution in [0.5, 0.6) is 0 Å². The van der Waals surface area contributed by atoms with Crippen molar-refractivity contribution in [1.29, 1.82) is 0 Å². The lowest BCUT2D eigenvalue weighted by atomic mass is 10.0. The van der Waals surface area contributed by atoms with Gasteiger partial charge >= 0.3 is 0 Å². The highest BCUT2D eigenvalue weighted by molar-refractivity contribution is 7.25. The molecule has 0 aliphatic carbocycles. The van der Waals surface area contributed by atoms with Crippen LogP contribution in [0.1, 0.15) is 0 Å². The lowest BCUT2D eigenvalue weighted by Crippen LogP contribution is -2.00. The lowest BCUT2D eigenvalue weighted by molar-refractivity contribution is 0.669. The van der Waals surface area contributed by atoms with Crippen LogP contribution in [-0.4, -0.2) is 15.0 Å². The number of fused-ring (bicyclic) bond motifs is 9. The van der Waals surface area contributed by atoms with Crippen LogP contribution in [0.4, 0.5) is 0 Å². The highest BCUT2D eigenvalue weighted by atomic mass is 32.1. The van der Waals surface area contributed by atoms with E-state index in [1.54, 1.807) is 0 Å². The maximum absolute atomic E-state index is 6.52. The Bertz CT molecular complexity index is 3540. The number of furan rings is 2. The molecule has 0 amide bonds. The average molecular weight is 748 g/mol. The summed E-state index contributed by atoms with van der Waals surface area (Å²) in [5, 5.41) is 6.82. The molecule has 5 nitrogen and oxygen atoms in total. The zero-order chi connectivity index (χ0) is 37.5. The van der Waals surface area contributed by atoms with Crippen molar-refractivity contribution in [2.75, 3.05) is 0 Å². The Morgan fingerprint density at radius 3 is 1.42 bits per heavy atom. The van der Waals surface area contributed by atoms with Crippen LogP contribution >= 0.6 is 11.3 Å². The van der Waals surface area contributed by atoms with Crippen molar-refractivity contribution >= 4 is 75.4 Å². The summed E-state index contributed by atoms with van der Waals surface area (Å²) in [6.45, 7) is 0. The van der Waals surface area contributed by atoms with E-state index in [1.807, 2.05) is 47.7 Å². The maximum Gasteiger partial charge on any atom is 0.164 e. The van der Waals surface area contributed by atoms with Crippen LogP contribution in [0, 0.1) is 0 Å². The van der Waals surface area contributed by atoms with Gasteiger partial charge in [-0.2, -0.15) is 0 Å². The van der Waals surface area contributed by atoms with E-state index in [0.717, 1.165) is 82.8 Å². The van der Waals surface area contributed by atoms with Crippen molar-refractivity contribution in [2.45, 2.75) is 0 Å². The molecule has 0 saturated carbocycles. The molecule has 0 unspecified atom stereocenters. The second kappa shape index (κ2) is 12.6. The molecule has 12 rings (SSSR count). The molecular formula is C51H29N3O2S. The molecule has 8 aromatic carbocycles. The molecule has 0 aliphatic rings. The Kier molecular flexibility index (Phi) is 7.03. The summed E-state index contributed by atoms with van der Waals surface area (Å²) in [6.07, 6.45) is 0. The number of benzene rings is 8. The molecule has 0 fully saturated rings. The monoisotopic (exact) mass is 747 g/mol. The average Bonchev–Trinajstić information content (AvgIpc) is 3.96. The Morgan fingerprint density at radius 1 is 0.281 bits per heavy atom. The molecule has 57 heavy (non-hydrogen) atoms. The predicted octanol–water partition coefficient (Wildman–Crippen LogP) is 14.4. The zero-order valence-corrected chi connectivity index (χ0v) is 31.1. The largest absolute Gasteiger partial charge is 0.456 e. The molecule has 0 N–H and O–H groups in total. The lowest BCUT2D eigenvalue weighted by Gasteiger charge is -2.10. The molecule has 0 atom stereocenters. The van der Waals surface area contributed by atoms with Gasteiger partial charge in [-0.25, -0.2) is 15.0 Å². The smallest absolute Gasteiger partial charge is 0.164 e. The number of hydrogen-bond donors (Lipinski definition) is 0. The van der Waals surface area contributed by atoms with Crippen molar-refractivity contribution in [3.05, 3.63) is 176 Å². The molecule has 266 valence electrons. The second-order valence-corrected chi connectivity index (χ2v) is 15.5. The van der Waals surface area contributed by atoms with Gasteiger partial charge in [-0.1, -0.05) is 115 Å². The summed E-state index contributed by atoms with van der Waals surface area (Å²) < 4.78 is 15.4. The number of rotatable bonds is 5. The first-order valence-electron chi connectivity index (χ1n) is 18.9. The Morgan fingerprint density at radius 2 is 0.719 bits per heavy atom. The minimum Gasteiger partial charge on any atom is -0.456 e. The van der Waals surface area contributed by atoms with E-state index in [2.05, 4.69) is 140 Å². The maximum atomic E-state index is 6.52. The fraction of sp³-hybridized carbons (Fsp3) is 0. The van der Waals surface area contributed by atoms with E-state index in [9.17, 15) is 0 Å². The van der Waals surface area contributed by atoms with E-state index < -0.39 is 0 Å². The first kappa shape index (κ1) is 31.9. The van der Waals surface area contributed by atoms with Gasteiger partial charge in [0.25, 0.3) is 0 Å². The number of nitrogens with zero attached hydrogens (tertiary/aromatic N) is 3. The minimum absolute atomic E-state index is 0.559. The number of hydrogen-bond acceptors (Lipinski definition) is 6. The number of para-hydroxylation sites is 1. The molecule has 0 aliphatic heterocycles. The van der Waals surface area contributed by atoms with Gasteiger partial charge in [-0.15, -0.1) is 11.3 Å². The van der Waals surface area contributed by atoms with E-state index in [1.165, 1.54) is 20.2 Å². The summed E-state index contributed by atoms with van der Waals surface area (Å²) in [7, 11) is 0. The standard InChI is InChI=1S/C51H29N3O2S/c1-2-9-30(10-3-1)32-17-21-39-40-23-20-36(28-46(40)56-44(39)26-32)51-53-49(52-50(54-51)35-19-22-38-37-13-4-6-15-43(37)55-45(38)27-35)34-12-8-11-31(25-34)33-18-24-42-41-14-5-7-16-47(41)57-48(42)29-33/h1-29H. The van der Waals surface area contributed by atoms with Gasteiger partial charge in [-0.3, -0.25) is 0 Å². The number of aromatic nitrogens is 3. The van der Waals surface area contributed by atoms with Crippen molar-refractivity contribution in [2.24, 2.45) is 0 Å². The molecule has 0 bridgehead atoms. The van der Waals surface area contributed by atoms with E-state index in [4.69, 9.17) is 23.8 Å². The molecule has 4 heterocycles. The molecule has 4 aromatic heterocycles. The van der Waals surface area contributed by atoms with Crippen molar-refractivity contribution in [1.82, 2.24) is 15.0 Å². The summed E-state index contributed by atoms with van der Waals surface area (Å²) in [4.78, 5) is 15.4. The van der Waals surface area contributed by atoms with Crippen LogP contribution in [0.2, 0.25) is 0 Å². The van der Waals surface area contributed by atoms with Crippen LogP contribution in [0.25, 0.3) is 120 Å². The fourth-order valence-corrected chi connectivity index (χ4v) is 9.24. The van der Waals surface area contributed by atoms with Gasteiger partial charge in [0.15, 0.2) is 17.5 Å². The number of thiophene rings is 1. The minimum atomic E-state index is 0.559. The van der Waals surface area contributed by atoms with Crippen LogP contribution < -0.4 is 0 Å². The Balaban J connectivity index is 0.999. The van der Waals surface area contributed by atoms with Crippen molar-refractivity contribution in [3.8, 4) is 56.4 Å². The third kappa shape index (κ3) is 5.34. The van der Waals surface area contributed by atoms with E-state index in [0.29, 0.717) is 17.5 Å². The molecular weight excluding hydrogens is 719 g/mol. The summed E-state index contributed by atoms with van der Waals surface area (Å²) in [5.74, 6) is 1.71. The van der Waals surface area contributed by atoms with Crippen molar-refractivity contribution in [3.63, 3.8) is 0 Å². The highest BCUT2D eigenvalue weighted by Gasteiger charge is 2.17. The molecule has 0 radical (unpaired) electrons. The van der Waals surface area contributed by atoms with Gasteiger partial charge in [0.2, 0.25) is 0 Å². The van der Waals surface area contributed by atoms with Crippen LogP contribution in [-0.2, 0) is 0 Å². The summed E-state index contributed by atoms with van der Waals surface area (Å²) >= 11 is 1.83. The molecule has 0 saturated heterocycles. The van der Waals surface area contributed by atoms with Gasteiger partial charge in [-0.05, 0) is 82.9 Å². The predicted molar refractivity (Wildman–Crippen MR) is 234 cm³/mol. The van der Waals surface area contributed by atoms with Gasteiger partial charge in [0.1, 0.15) is 22.3 Å². The summed E-state index contributed by atoms with van der Waals surface area (Å²) in [6, 6.07) is 61.1. The quantitative estimate of drug-likeness (QED) is 0.175. The molecule has 12 aromatic rings. The highest BCUT2D eigenvalue weighted by Crippen LogP contribution is 2.39. The van der Waals surface area contributed by atoms with Gasteiger partial charge in [0, 0.05) is 58.4 Å². The summed E-state index contributed by atoms with van der Waals surface area (Å²) in [5.41, 5.74) is 10.3. The van der Waals surface area contributed by atoms with Crippen LogP contribution in [0.3, 0.4) is 0 Å². The van der Waals surface area contributed by atoms with Gasteiger partial charge < -0.3 is 8.83 Å². The Labute approximate surface area is 330 Å². The topological polar surface area (TPSA) is 65.0 Å². The first-order valence-corrected chi connectivity index (χ1v) is 19.7. The zero-order valence-electron chi connectivity index (χ0n) is 30.3. The SMILES string of the molecule is c1ccc(-c2ccc3c(c2)oc2cc(-c4nc(-c5cccc(-c6ccc7c(c6)sc6ccccc67)c5)nc(-c5ccc6c(c5)oc5ccccc56)n4)ccc23)cc1. The second-order valence-electron chi connectivity index (χ2n) is 14.4. The third-order valence-electron chi connectivity index (χ3n) is 10.9. The van der Waals surface area contributed by atoms with Crippen LogP contribution in [0.15, 0.2) is 185 Å². The third-order valence-corrected chi connectivity index (χ3v) is 12.1. The van der Waals surface area contributed by atoms with Crippen molar-refractivity contribution < 1.29 is 8.83 Å². The van der Waals surface area contributed by atoms with Gasteiger partial charge in [0.05, 0.1) is 0 Å². The fourth-order valence-electron chi connectivity index (χ4n) is 8.10. The Hall–Kier alpha value is -7.41. The molecule has 0 spiro atoms. The first-order chi connectivity index (χ1) is 28.2. The molecule has 6 heteroatoms.